The average Bonchev–Trinajstić information content (AvgIpc) is 2.56. The molecule has 0 fully saturated rings. The Kier molecular flexibility index (Phi) is 6.02. The third-order valence-electron chi connectivity index (χ3n) is 3.94. The molecule has 0 saturated heterocycles. The number of sulfonamides is 1. The van der Waals surface area contributed by atoms with Crippen LogP contribution >= 0.6 is 0 Å². The minimum absolute atomic E-state index is 0.348. The summed E-state index contributed by atoms with van der Waals surface area (Å²) < 4.78 is 33.3. The molecule has 0 amide bonds. The van der Waals surface area contributed by atoms with Crippen LogP contribution in [0.5, 0.6) is 5.75 Å². The van der Waals surface area contributed by atoms with Gasteiger partial charge < -0.3 is 4.74 Å². The van der Waals surface area contributed by atoms with E-state index in [-0.39, 0.29) is 0 Å². The highest BCUT2D eigenvalue weighted by atomic mass is 32.2. The fourth-order valence-corrected chi connectivity index (χ4v) is 4.37. The average molecular weight is 347 g/mol. The van der Waals surface area contributed by atoms with Crippen molar-refractivity contribution >= 4 is 10.0 Å². The molecule has 0 radical (unpaired) electrons. The molecule has 0 heterocycles. The number of benzene rings is 2. The topological polar surface area (TPSA) is 46.6 Å². The Hall–Kier alpha value is -1.85. The fourth-order valence-electron chi connectivity index (χ4n) is 2.65. The Bertz CT molecular complexity index is 786. The first-order valence-corrected chi connectivity index (χ1v) is 9.62. The first kappa shape index (κ1) is 18.5. The third-order valence-corrected chi connectivity index (χ3v) is 6.01. The van der Waals surface area contributed by atoms with Crippen LogP contribution in [0.25, 0.3) is 0 Å². The molecule has 2 aromatic rings. The summed E-state index contributed by atoms with van der Waals surface area (Å²) >= 11 is 0. The van der Waals surface area contributed by atoms with Gasteiger partial charge in [0.15, 0.2) is 0 Å². The number of hydrogen-bond donors (Lipinski definition) is 0. The van der Waals surface area contributed by atoms with Crippen molar-refractivity contribution in [1.29, 1.82) is 0 Å². The van der Waals surface area contributed by atoms with Gasteiger partial charge in [-0.3, -0.25) is 0 Å². The second-order valence-corrected chi connectivity index (χ2v) is 7.64. The number of aryl methyl sites for hydroxylation is 2. The molecule has 4 nitrogen and oxygen atoms in total. The van der Waals surface area contributed by atoms with Gasteiger partial charge in [0, 0.05) is 13.1 Å². The summed E-state index contributed by atoms with van der Waals surface area (Å²) in [5, 5.41) is 0. The molecule has 0 atom stereocenters. The lowest BCUT2D eigenvalue weighted by atomic mass is 10.1. The predicted molar refractivity (Wildman–Crippen MR) is 96.8 cm³/mol. The van der Waals surface area contributed by atoms with Gasteiger partial charge >= 0.3 is 0 Å². The van der Waals surface area contributed by atoms with Crippen LogP contribution in [-0.4, -0.2) is 25.9 Å². The van der Waals surface area contributed by atoms with Crippen molar-refractivity contribution in [3.8, 4) is 5.75 Å². The molecule has 0 aromatic heterocycles. The Morgan fingerprint density at radius 1 is 1.00 bits per heavy atom. The summed E-state index contributed by atoms with van der Waals surface area (Å²) in [5.74, 6) is 0.736. The minimum atomic E-state index is -3.56. The minimum Gasteiger partial charge on any atom is -0.494 e. The highest BCUT2D eigenvalue weighted by molar-refractivity contribution is 7.89. The molecule has 130 valence electrons. The van der Waals surface area contributed by atoms with Crippen molar-refractivity contribution in [2.24, 2.45) is 0 Å². The highest BCUT2D eigenvalue weighted by Gasteiger charge is 2.26. The number of rotatable bonds is 7. The van der Waals surface area contributed by atoms with Crippen molar-refractivity contribution < 1.29 is 13.2 Å². The zero-order chi connectivity index (χ0) is 17.7. The van der Waals surface area contributed by atoms with Crippen molar-refractivity contribution in [2.75, 3.05) is 13.2 Å². The normalized spacial score (nSPS) is 11.7. The molecule has 0 aliphatic heterocycles. The van der Waals surface area contributed by atoms with Gasteiger partial charge in [0.25, 0.3) is 0 Å². The number of hydrogen-bond acceptors (Lipinski definition) is 3. The quantitative estimate of drug-likeness (QED) is 0.763. The Morgan fingerprint density at radius 2 is 1.67 bits per heavy atom. The van der Waals surface area contributed by atoms with Gasteiger partial charge in [0.2, 0.25) is 10.0 Å². The summed E-state index contributed by atoms with van der Waals surface area (Å²) in [4.78, 5) is 0.348. The molecule has 24 heavy (non-hydrogen) atoms. The maximum absolute atomic E-state index is 13.1. The van der Waals surface area contributed by atoms with E-state index in [2.05, 4.69) is 0 Å². The lowest BCUT2D eigenvalue weighted by Crippen LogP contribution is -2.31. The van der Waals surface area contributed by atoms with E-state index in [0.29, 0.717) is 30.2 Å². The molecular formula is C19H25NO3S. The van der Waals surface area contributed by atoms with Crippen molar-refractivity contribution in [1.82, 2.24) is 4.31 Å². The maximum atomic E-state index is 13.1. The molecular weight excluding hydrogens is 322 g/mol. The summed E-state index contributed by atoms with van der Waals surface area (Å²) in [7, 11) is -3.56. The zero-order valence-corrected chi connectivity index (χ0v) is 15.6. The predicted octanol–water partition coefficient (Wildman–Crippen LogP) is 3.91. The van der Waals surface area contributed by atoms with Gasteiger partial charge in [-0.25, -0.2) is 8.42 Å². The molecule has 0 saturated carbocycles. The molecule has 0 aliphatic carbocycles. The van der Waals surface area contributed by atoms with E-state index in [4.69, 9.17) is 4.74 Å². The van der Waals surface area contributed by atoms with E-state index in [0.717, 1.165) is 16.9 Å². The van der Waals surface area contributed by atoms with Crippen LogP contribution in [0.15, 0.2) is 47.4 Å². The molecule has 0 N–H and O–H groups in total. The first-order valence-electron chi connectivity index (χ1n) is 8.18. The molecule has 0 aliphatic rings. The van der Waals surface area contributed by atoms with Crippen LogP contribution in [-0.2, 0) is 16.6 Å². The van der Waals surface area contributed by atoms with Crippen LogP contribution in [0.4, 0.5) is 0 Å². The third kappa shape index (κ3) is 3.97. The van der Waals surface area contributed by atoms with Crippen LogP contribution in [0, 0.1) is 13.8 Å². The smallest absolute Gasteiger partial charge is 0.243 e. The largest absolute Gasteiger partial charge is 0.494 e. The van der Waals surface area contributed by atoms with Crippen molar-refractivity contribution in [3.05, 3.63) is 59.2 Å². The maximum Gasteiger partial charge on any atom is 0.243 e. The lowest BCUT2D eigenvalue weighted by molar-refractivity contribution is 0.337. The van der Waals surface area contributed by atoms with Gasteiger partial charge in [-0.2, -0.15) is 4.31 Å². The van der Waals surface area contributed by atoms with Crippen LogP contribution in [0.3, 0.4) is 0 Å². The molecule has 0 unspecified atom stereocenters. The van der Waals surface area contributed by atoms with Gasteiger partial charge in [0.1, 0.15) is 5.75 Å². The molecule has 0 bridgehead atoms. The Morgan fingerprint density at radius 3 is 2.25 bits per heavy atom. The number of ether oxygens (including phenoxy) is 1. The van der Waals surface area contributed by atoms with Gasteiger partial charge in [-0.05, 0) is 49.6 Å². The monoisotopic (exact) mass is 347 g/mol. The van der Waals surface area contributed by atoms with Gasteiger partial charge in [-0.15, -0.1) is 0 Å². The summed E-state index contributed by atoms with van der Waals surface area (Å²) in [6.07, 6.45) is 0. The second-order valence-electron chi connectivity index (χ2n) is 5.73. The van der Waals surface area contributed by atoms with Gasteiger partial charge in [0.05, 0.1) is 11.5 Å². The van der Waals surface area contributed by atoms with E-state index in [1.54, 1.807) is 6.07 Å². The Balaban J connectivity index is 2.39. The molecule has 5 heteroatoms. The Labute approximate surface area is 145 Å². The number of nitrogens with zero attached hydrogens (tertiary/aromatic N) is 1. The van der Waals surface area contributed by atoms with E-state index in [1.165, 1.54) is 4.31 Å². The van der Waals surface area contributed by atoms with Crippen LogP contribution in [0.2, 0.25) is 0 Å². The molecule has 2 rings (SSSR count). The zero-order valence-electron chi connectivity index (χ0n) is 14.7. The van der Waals surface area contributed by atoms with Crippen molar-refractivity contribution in [3.63, 3.8) is 0 Å². The fraction of sp³-hybridized carbons (Fsp3) is 0.368. The van der Waals surface area contributed by atoms with E-state index in [9.17, 15) is 8.42 Å². The lowest BCUT2D eigenvalue weighted by Gasteiger charge is -2.22. The van der Waals surface area contributed by atoms with Crippen molar-refractivity contribution in [2.45, 2.75) is 39.1 Å². The second kappa shape index (κ2) is 7.81. The van der Waals surface area contributed by atoms with Crippen LogP contribution in [0.1, 0.15) is 30.5 Å². The summed E-state index contributed by atoms with van der Waals surface area (Å²) in [6.45, 7) is 8.80. The SMILES string of the molecule is CCOc1cc(C)c(S(=O)(=O)N(CC)Cc2ccccc2)cc1C. The van der Waals surface area contributed by atoms with E-state index in [1.807, 2.05) is 64.1 Å². The highest BCUT2D eigenvalue weighted by Crippen LogP contribution is 2.28. The first-order chi connectivity index (χ1) is 11.4. The molecule has 2 aromatic carbocycles. The van der Waals surface area contributed by atoms with Gasteiger partial charge in [-0.1, -0.05) is 37.3 Å². The van der Waals surface area contributed by atoms with E-state index < -0.39 is 10.0 Å². The van der Waals surface area contributed by atoms with Crippen LogP contribution < -0.4 is 4.74 Å². The summed E-state index contributed by atoms with van der Waals surface area (Å²) in [6, 6.07) is 13.2. The van der Waals surface area contributed by atoms with E-state index >= 15 is 0 Å². The standard InChI is InChI=1S/C19H25NO3S/c1-5-20(14-17-10-8-7-9-11-17)24(21,22)19-13-15(3)18(23-6-2)12-16(19)4/h7-13H,5-6,14H2,1-4H3. The molecule has 0 spiro atoms. The summed E-state index contributed by atoms with van der Waals surface area (Å²) in [5.41, 5.74) is 2.51.